The molecule has 0 atom stereocenters. The number of halogens is 1. The molecule has 3 amide bonds. The molecule has 1 aliphatic heterocycles. The van der Waals surface area contributed by atoms with Gasteiger partial charge in [0.1, 0.15) is 5.82 Å². The van der Waals surface area contributed by atoms with Crippen molar-refractivity contribution in [2.45, 2.75) is 27.3 Å². The molecule has 31 heavy (non-hydrogen) atoms. The van der Waals surface area contributed by atoms with Crippen LogP contribution in [0, 0.1) is 26.6 Å². The molecule has 0 spiro atoms. The summed E-state index contributed by atoms with van der Waals surface area (Å²) >= 11 is 0. The number of carbonyl (C=O) groups is 3. The van der Waals surface area contributed by atoms with Crippen molar-refractivity contribution in [3.8, 4) is 0 Å². The first-order valence-electron chi connectivity index (χ1n) is 9.89. The van der Waals surface area contributed by atoms with Crippen molar-refractivity contribution in [2.75, 3.05) is 4.90 Å². The van der Waals surface area contributed by atoms with Crippen LogP contribution in [0.2, 0.25) is 0 Å². The van der Waals surface area contributed by atoms with Crippen molar-refractivity contribution in [1.29, 1.82) is 0 Å². The highest BCUT2D eigenvalue weighted by atomic mass is 19.1. The zero-order valence-corrected chi connectivity index (χ0v) is 17.5. The van der Waals surface area contributed by atoms with Gasteiger partial charge in [-0.25, -0.2) is 9.29 Å². The van der Waals surface area contributed by atoms with Crippen LogP contribution in [0.1, 0.15) is 53.3 Å². The summed E-state index contributed by atoms with van der Waals surface area (Å²) in [6, 6.07) is 14.8. The highest BCUT2D eigenvalue weighted by molar-refractivity contribution is 6.35. The van der Waals surface area contributed by atoms with Gasteiger partial charge in [0.25, 0.3) is 17.7 Å². The lowest BCUT2D eigenvalue weighted by Crippen LogP contribution is -2.30. The molecule has 3 aromatic rings. The number of fused-ring (bicyclic) bond motifs is 1. The standard InChI is InChI=1S/C25H21FN2O3/c1-14-4-5-16(3)22(10-14)28-24(30)19-9-8-18(12-20(19)25(28)31)23(29)27-13-17-7-6-15(2)21(26)11-17/h4-12H,13H2,1-3H3,(H,27,29). The molecule has 6 heteroatoms. The Hall–Kier alpha value is -3.80. The first kappa shape index (κ1) is 20.5. The number of aryl methyl sites for hydroxylation is 3. The molecule has 0 unspecified atom stereocenters. The number of amides is 3. The number of imide groups is 1. The SMILES string of the molecule is Cc1ccc(C)c(N2C(=O)c3ccc(C(=O)NCc4ccc(C)c(F)c4)cc3C2=O)c1. The van der Waals surface area contributed by atoms with Crippen LogP contribution in [-0.2, 0) is 6.54 Å². The highest BCUT2D eigenvalue weighted by Gasteiger charge is 2.37. The van der Waals surface area contributed by atoms with Gasteiger partial charge >= 0.3 is 0 Å². The number of hydrogen-bond acceptors (Lipinski definition) is 3. The maximum absolute atomic E-state index is 13.7. The Morgan fingerprint density at radius 1 is 0.871 bits per heavy atom. The first-order chi connectivity index (χ1) is 14.8. The van der Waals surface area contributed by atoms with E-state index < -0.39 is 17.7 Å². The lowest BCUT2D eigenvalue weighted by atomic mass is 10.1. The summed E-state index contributed by atoms with van der Waals surface area (Å²) in [5.74, 6) is -1.60. The van der Waals surface area contributed by atoms with Gasteiger partial charge in [-0.1, -0.05) is 24.3 Å². The van der Waals surface area contributed by atoms with E-state index in [1.165, 1.54) is 24.3 Å². The monoisotopic (exact) mass is 416 g/mol. The summed E-state index contributed by atoms with van der Waals surface area (Å²) in [5, 5.41) is 2.72. The van der Waals surface area contributed by atoms with Crippen molar-refractivity contribution in [1.82, 2.24) is 5.32 Å². The van der Waals surface area contributed by atoms with Gasteiger partial charge in [-0.2, -0.15) is 0 Å². The van der Waals surface area contributed by atoms with Crippen molar-refractivity contribution < 1.29 is 18.8 Å². The maximum Gasteiger partial charge on any atom is 0.266 e. The zero-order valence-electron chi connectivity index (χ0n) is 17.5. The van der Waals surface area contributed by atoms with Gasteiger partial charge in [0.15, 0.2) is 0 Å². The number of hydrogen-bond donors (Lipinski definition) is 1. The molecule has 1 heterocycles. The molecule has 0 bridgehead atoms. The lowest BCUT2D eigenvalue weighted by Gasteiger charge is -2.17. The van der Waals surface area contributed by atoms with Crippen LogP contribution in [0.15, 0.2) is 54.6 Å². The molecule has 0 saturated heterocycles. The summed E-state index contributed by atoms with van der Waals surface area (Å²) in [4.78, 5) is 39.7. The fourth-order valence-corrected chi connectivity index (χ4v) is 3.59. The molecule has 5 nitrogen and oxygen atoms in total. The number of anilines is 1. The molecule has 1 aliphatic rings. The van der Waals surface area contributed by atoms with E-state index in [4.69, 9.17) is 0 Å². The quantitative estimate of drug-likeness (QED) is 0.638. The van der Waals surface area contributed by atoms with E-state index in [1.807, 2.05) is 26.0 Å². The van der Waals surface area contributed by atoms with E-state index in [9.17, 15) is 18.8 Å². The second kappa shape index (κ2) is 7.80. The topological polar surface area (TPSA) is 66.5 Å². The molecule has 156 valence electrons. The van der Waals surface area contributed by atoms with Gasteiger partial charge in [0, 0.05) is 12.1 Å². The van der Waals surface area contributed by atoms with Crippen LogP contribution < -0.4 is 10.2 Å². The van der Waals surface area contributed by atoms with Gasteiger partial charge in [-0.3, -0.25) is 14.4 Å². The highest BCUT2D eigenvalue weighted by Crippen LogP contribution is 2.31. The van der Waals surface area contributed by atoms with Gasteiger partial charge in [-0.05, 0) is 73.4 Å². The molecular formula is C25H21FN2O3. The van der Waals surface area contributed by atoms with E-state index in [0.717, 1.165) is 16.0 Å². The number of benzene rings is 3. The second-order valence-electron chi connectivity index (χ2n) is 7.76. The maximum atomic E-state index is 13.7. The van der Waals surface area contributed by atoms with Crippen molar-refractivity contribution >= 4 is 23.4 Å². The minimum absolute atomic E-state index is 0.147. The van der Waals surface area contributed by atoms with Crippen LogP contribution in [0.3, 0.4) is 0 Å². The van der Waals surface area contributed by atoms with Crippen LogP contribution in [-0.4, -0.2) is 17.7 Å². The van der Waals surface area contributed by atoms with Crippen molar-refractivity contribution in [2.24, 2.45) is 0 Å². The predicted molar refractivity (Wildman–Crippen MR) is 116 cm³/mol. The molecule has 0 fully saturated rings. The Morgan fingerprint density at radius 3 is 2.32 bits per heavy atom. The Bertz CT molecular complexity index is 1250. The predicted octanol–water partition coefficient (Wildman–Crippen LogP) is 4.48. The van der Waals surface area contributed by atoms with Gasteiger partial charge in [0.05, 0.1) is 16.8 Å². The molecule has 3 aromatic carbocycles. The number of nitrogens with zero attached hydrogens (tertiary/aromatic N) is 1. The Balaban J connectivity index is 1.57. The van der Waals surface area contributed by atoms with E-state index in [1.54, 1.807) is 25.1 Å². The van der Waals surface area contributed by atoms with Crippen LogP contribution in [0.25, 0.3) is 0 Å². The van der Waals surface area contributed by atoms with Gasteiger partial charge < -0.3 is 5.32 Å². The largest absolute Gasteiger partial charge is 0.348 e. The fraction of sp³-hybridized carbons (Fsp3) is 0.160. The third-order valence-electron chi connectivity index (χ3n) is 5.44. The third-order valence-corrected chi connectivity index (χ3v) is 5.44. The molecule has 0 saturated carbocycles. The summed E-state index contributed by atoms with van der Waals surface area (Å²) in [6.07, 6.45) is 0. The fourth-order valence-electron chi connectivity index (χ4n) is 3.59. The first-order valence-corrected chi connectivity index (χ1v) is 9.89. The molecule has 0 radical (unpaired) electrons. The molecule has 0 aliphatic carbocycles. The third kappa shape index (κ3) is 3.72. The van der Waals surface area contributed by atoms with Crippen molar-refractivity contribution in [3.63, 3.8) is 0 Å². The smallest absolute Gasteiger partial charge is 0.266 e. The lowest BCUT2D eigenvalue weighted by molar-refractivity contribution is 0.0923. The minimum Gasteiger partial charge on any atom is -0.348 e. The summed E-state index contributed by atoms with van der Waals surface area (Å²) < 4.78 is 13.7. The summed E-state index contributed by atoms with van der Waals surface area (Å²) in [5.41, 5.74) is 4.17. The second-order valence-corrected chi connectivity index (χ2v) is 7.76. The van der Waals surface area contributed by atoms with E-state index in [0.29, 0.717) is 16.8 Å². The molecule has 4 rings (SSSR count). The number of nitrogens with one attached hydrogen (secondary N) is 1. The van der Waals surface area contributed by atoms with E-state index >= 15 is 0 Å². The minimum atomic E-state index is -0.455. The molecule has 0 aromatic heterocycles. The Labute approximate surface area is 179 Å². The summed E-state index contributed by atoms with van der Waals surface area (Å²) in [6.45, 7) is 5.55. The number of rotatable bonds is 4. The Kier molecular flexibility index (Phi) is 5.15. The van der Waals surface area contributed by atoms with Crippen LogP contribution in [0.5, 0.6) is 0 Å². The average Bonchev–Trinajstić information content (AvgIpc) is 3.00. The van der Waals surface area contributed by atoms with E-state index in [2.05, 4.69) is 5.32 Å². The van der Waals surface area contributed by atoms with Crippen molar-refractivity contribution in [3.05, 3.63) is 99.4 Å². The summed E-state index contributed by atoms with van der Waals surface area (Å²) in [7, 11) is 0. The zero-order chi connectivity index (χ0) is 22.3. The van der Waals surface area contributed by atoms with Gasteiger partial charge in [-0.15, -0.1) is 0 Å². The average molecular weight is 416 g/mol. The van der Waals surface area contributed by atoms with Gasteiger partial charge in [0.2, 0.25) is 0 Å². The molecule has 1 N–H and O–H groups in total. The van der Waals surface area contributed by atoms with E-state index in [-0.39, 0.29) is 29.1 Å². The Morgan fingerprint density at radius 2 is 1.58 bits per heavy atom. The van der Waals surface area contributed by atoms with Crippen LogP contribution in [0.4, 0.5) is 10.1 Å². The van der Waals surface area contributed by atoms with Crippen LogP contribution >= 0.6 is 0 Å². The molecular weight excluding hydrogens is 395 g/mol. The number of carbonyl (C=O) groups excluding carboxylic acids is 3. The normalized spacial score (nSPS) is 12.8.